The zero-order valence-electron chi connectivity index (χ0n) is 10.5. The van der Waals surface area contributed by atoms with Crippen LogP contribution in [0.3, 0.4) is 0 Å². The Morgan fingerprint density at radius 1 is 1.18 bits per heavy atom. The average molecular weight is 262 g/mol. The van der Waals surface area contributed by atoms with Gasteiger partial charge >= 0.3 is 0 Å². The van der Waals surface area contributed by atoms with Gasteiger partial charge in [-0.05, 0) is 32.7 Å². The zero-order chi connectivity index (χ0) is 12.9. The second kappa shape index (κ2) is 6.35. The summed E-state index contributed by atoms with van der Waals surface area (Å²) in [5.74, 6) is -0.214. The molecule has 1 aliphatic rings. The van der Waals surface area contributed by atoms with Crippen LogP contribution in [0.1, 0.15) is 32.1 Å². The highest BCUT2D eigenvalue weighted by molar-refractivity contribution is 7.90. The number of amides is 1. The van der Waals surface area contributed by atoms with Crippen molar-refractivity contribution in [1.29, 1.82) is 0 Å². The number of carbonyl (C=O) groups excluding carboxylic acids is 1. The minimum absolute atomic E-state index is 0.0648. The monoisotopic (exact) mass is 262 g/mol. The molecule has 0 aromatic heterocycles. The summed E-state index contributed by atoms with van der Waals surface area (Å²) in [6.07, 6.45) is 5.29. The van der Waals surface area contributed by atoms with Crippen LogP contribution in [0.15, 0.2) is 0 Å². The molecule has 1 saturated carbocycles. The molecule has 1 fully saturated rings. The van der Waals surface area contributed by atoms with E-state index in [9.17, 15) is 13.2 Å². The summed E-state index contributed by atoms with van der Waals surface area (Å²) in [5.41, 5.74) is 0. The molecular weight excluding hydrogens is 240 g/mol. The predicted molar refractivity (Wildman–Crippen MR) is 67.6 cm³/mol. The zero-order valence-corrected chi connectivity index (χ0v) is 11.3. The Morgan fingerprint density at radius 2 is 1.71 bits per heavy atom. The molecule has 6 heteroatoms. The number of nitrogens with one attached hydrogen (secondary N) is 2. The highest BCUT2D eigenvalue weighted by Gasteiger charge is 2.21. The van der Waals surface area contributed by atoms with Crippen LogP contribution in [0, 0.1) is 0 Å². The Morgan fingerprint density at radius 3 is 2.18 bits per heavy atom. The molecule has 17 heavy (non-hydrogen) atoms. The van der Waals surface area contributed by atoms with Crippen LogP contribution in [-0.4, -0.2) is 45.5 Å². The molecule has 0 heterocycles. The summed E-state index contributed by atoms with van der Waals surface area (Å²) in [6, 6.07) is 0.769. The maximum Gasteiger partial charge on any atom is 0.221 e. The Balaban J connectivity index is 2.24. The van der Waals surface area contributed by atoms with Gasteiger partial charge in [0.25, 0.3) is 0 Å². The van der Waals surface area contributed by atoms with Crippen LogP contribution in [0.25, 0.3) is 0 Å². The lowest BCUT2D eigenvalue weighted by Gasteiger charge is -2.28. The molecule has 0 unspecified atom stereocenters. The SMILES string of the molecule is CNC1CCC(NC(=O)CCS(C)(=O)=O)CC1. The number of carbonyl (C=O) groups is 1. The van der Waals surface area contributed by atoms with Crippen molar-refractivity contribution in [2.75, 3.05) is 19.1 Å². The van der Waals surface area contributed by atoms with Crippen molar-refractivity contribution in [2.45, 2.75) is 44.2 Å². The molecule has 0 aliphatic heterocycles. The standard InChI is InChI=1S/C11H22N2O3S/c1-12-9-3-5-10(6-4-9)13-11(14)7-8-17(2,15)16/h9-10,12H,3-8H2,1-2H3,(H,13,14). The van der Waals surface area contributed by atoms with Gasteiger partial charge in [0.2, 0.25) is 5.91 Å². The lowest BCUT2D eigenvalue weighted by molar-refractivity contribution is -0.121. The number of hydrogen-bond acceptors (Lipinski definition) is 4. The number of hydrogen-bond donors (Lipinski definition) is 2. The van der Waals surface area contributed by atoms with Gasteiger partial charge in [-0.25, -0.2) is 8.42 Å². The average Bonchev–Trinajstić information content (AvgIpc) is 2.27. The first kappa shape index (κ1) is 14.4. The normalized spacial score (nSPS) is 25.5. The molecule has 0 spiro atoms. The summed E-state index contributed by atoms with van der Waals surface area (Å²) in [4.78, 5) is 11.5. The number of rotatable bonds is 5. The summed E-state index contributed by atoms with van der Waals surface area (Å²) in [7, 11) is -1.09. The third-order valence-corrected chi connectivity index (χ3v) is 4.15. The molecule has 0 aromatic carbocycles. The van der Waals surface area contributed by atoms with Crippen LogP contribution in [0.4, 0.5) is 0 Å². The number of sulfone groups is 1. The van der Waals surface area contributed by atoms with Crippen molar-refractivity contribution in [3.63, 3.8) is 0 Å². The van der Waals surface area contributed by atoms with Gasteiger partial charge < -0.3 is 10.6 Å². The van der Waals surface area contributed by atoms with Crippen molar-refractivity contribution in [3.8, 4) is 0 Å². The third kappa shape index (κ3) is 6.02. The fraction of sp³-hybridized carbons (Fsp3) is 0.909. The molecule has 1 amide bonds. The maximum atomic E-state index is 11.5. The Hall–Kier alpha value is -0.620. The molecule has 0 radical (unpaired) electrons. The first-order valence-corrected chi connectivity index (χ1v) is 8.11. The Bertz CT molecular complexity index is 346. The quantitative estimate of drug-likeness (QED) is 0.735. The van der Waals surface area contributed by atoms with Crippen LogP contribution >= 0.6 is 0 Å². The molecule has 0 saturated heterocycles. The first-order chi connectivity index (χ1) is 7.90. The summed E-state index contributed by atoms with van der Waals surface area (Å²) >= 11 is 0. The second-order valence-electron chi connectivity index (χ2n) is 4.78. The smallest absolute Gasteiger partial charge is 0.221 e. The fourth-order valence-electron chi connectivity index (χ4n) is 2.10. The topological polar surface area (TPSA) is 75.3 Å². The molecule has 1 rings (SSSR count). The molecule has 5 nitrogen and oxygen atoms in total. The molecule has 0 bridgehead atoms. The van der Waals surface area contributed by atoms with E-state index in [0.29, 0.717) is 6.04 Å². The lowest BCUT2D eigenvalue weighted by Crippen LogP contribution is -2.41. The van der Waals surface area contributed by atoms with E-state index in [4.69, 9.17) is 0 Å². The largest absolute Gasteiger partial charge is 0.353 e. The minimum Gasteiger partial charge on any atom is -0.353 e. The van der Waals surface area contributed by atoms with Gasteiger partial charge in [-0.15, -0.1) is 0 Å². The highest BCUT2D eigenvalue weighted by atomic mass is 32.2. The second-order valence-corrected chi connectivity index (χ2v) is 7.04. The van der Waals surface area contributed by atoms with E-state index >= 15 is 0 Å². The van der Waals surface area contributed by atoms with Gasteiger partial charge in [-0.3, -0.25) is 4.79 Å². The first-order valence-electron chi connectivity index (χ1n) is 6.05. The van der Waals surface area contributed by atoms with Gasteiger partial charge in [0.15, 0.2) is 0 Å². The van der Waals surface area contributed by atoms with E-state index in [1.54, 1.807) is 0 Å². The predicted octanol–water partition coefficient (Wildman–Crippen LogP) is 0.0679. The van der Waals surface area contributed by atoms with Gasteiger partial charge in [0.05, 0.1) is 5.75 Å². The lowest BCUT2D eigenvalue weighted by atomic mass is 9.91. The van der Waals surface area contributed by atoms with E-state index in [1.807, 2.05) is 7.05 Å². The van der Waals surface area contributed by atoms with Crippen LogP contribution in [0.5, 0.6) is 0 Å². The minimum atomic E-state index is -3.04. The van der Waals surface area contributed by atoms with Crippen molar-refractivity contribution in [2.24, 2.45) is 0 Å². The van der Waals surface area contributed by atoms with Crippen LogP contribution in [0.2, 0.25) is 0 Å². The van der Waals surface area contributed by atoms with Gasteiger partial charge in [0.1, 0.15) is 9.84 Å². The van der Waals surface area contributed by atoms with Gasteiger partial charge in [0, 0.05) is 24.8 Å². The van der Waals surface area contributed by atoms with Crippen LogP contribution < -0.4 is 10.6 Å². The molecule has 2 N–H and O–H groups in total. The summed E-state index contributed by atoms with van der Waals surface area (Å²) in [5, 5.41) is 6.14. The molecular formula is C11H22N2O3S. The summed E-state index contributed by atoms with van der Waals surface area (Å²) < 4.78 is 21.8. The Labute approximate surface area is 103 Å². The van der Waals surface area contributed by atoms with Crippen molar-refractivity contribution < 1.29 is 13.2 Å². The molecule has 100 valence electrons. The molecule has 1 aliphatic carbocycles. The molecule has 0 atom stereocenters. The van der Waals surface area contributed by atoms with E-state index in [0.717, 1.165) is 31.9 Å². The maximum absolute atomic E-state index is 11.5. The summed E-state index contributed by atoms with van der Waals surface area (Å²) in [6.45, 7) is 0. The van der Waals surface area contributed by atoms with E-state index < -0.39 is 9.84 Å². The van der Waals surface area contributed by atoms with Crippen molar-refractivity contribution in [1.82, 2.24) is 10.6 Å². The van der Waals surface area contributed by atoms with E-state index in [2.05, 4.69) is 10.6 Å². The van der Waals surface area contributed by atoms with Gasteiger partial charge in [-0.2, -0.15) is 0 Å². The third-order valence-electron chi connectivity index (χ3n) is 3.20. The van der Waals surface area contributed by atoms with E-state index in [1.165, 1.54) is 0 Å². The fourth-order valence-corrected chi connectivity index (χ4v) is 2.66. The van der Waals surface area contributed by atoms with Crippen LogP contribution in [-0.2, 0) is 14.6 Å². The van der Waals surface area contributed by atoms with Crippen molar-refractivity contribution in [3.05, 3.63) is 0 Å². The highest BCUT2D eigenvalue weighted by Crippen LogP contribution is 2.18. The van der Waals surface area contributed by atoms with E-state index in [-0.39, 0.29) is 24.1 Å². The Kier molecular flexibility index (Phi) is 5.39. The molecule has 0 aromatic rings. The van der Waals surface area contributed by atoms with Crippen molar-refractivity contribution >= 4 is 15.7 Å². The van der Waals surface area contributed by atoms with Gasteiger partial charge in [-0.1, -0.05) is 0 Å².